The molecular formula is C16H24FNO. The Hall–Kier alpha value is -0.930. The molecule has 106 valence electrons. The number of halogens is 1. The van der Waals surface area contributed by atoms with Crippen molar-refractivity contribution in [3.63, 3.8) is 0 Å². The first kappa shape index (κ1) is 14.5. The van der Waals surface area contributed by atoms with Crippen LogP contribution in [0.2, 0.25) is 0 Å². The molecule has 0 radical (unpaired) electrons. The van der Waals surface area contributed by atoms with E-state index in [0.29, 0.717) is 0 Å². The summed E-state index contributed by atoms with van der Waals surface area (Å²) in [5.74, 6) is -0.203. The van der Waals surface area contributed by atoms with Gasteiger partial charge in [0, 0.05) is 12.6 Å². The van der Waals surface area contributed by atoms with Crippen molar-refractivity contribution in [2.75, 3.05) is 7.05 Å². The Morgan fingerprint density at radius 1 is 1.32 bits per heavy atom. The Labute approximate surface area is 115 Å². The summed E-state index contributed by atoms with van der Waals surface area (Å²) >= 11 is 0. The van der Waals surface area contributed by atoms with E-state index in [1.165, 1.54) is 12.1 Å². The van der Waals surface area contributed by atoms with Crippen molar-refractivity contribution in [1.29, 1.82) is 0 Å². The number of rotatable bonds is 3. The van der Waals surface area contributed by atoms with Crippen molar-refractivity contribution in [3.05, 3.63) is 35.6 Å². The van der Waals surface area contributed by atoms with Gasteiger partial charge in [-0.05, 0) is 43.0 Å². The lowest BCUT2D eigenvalue weighted by molar-refractivity contribution is -0.0524. The quantitative estimate of drug-likeness (QED) is 0.907. The third-order valence-corrected chi connectivity index (χ3v) is 4.40. The zero-order valence-corrected chi connectivity index (χ0v) is 12.1. The van der Waals surface area contributed by atoms with Crippen molar-refractivity contribution in [3.8, 4) is 0 Å². The van der Waals surface area contributed by atoms with Crippen LogP contribution in [-0.2, 0) is 6.54 Å². The van der Waals surface area contributed by atoms with Gasteiger partial charge in [0.15, 0.2) is 0 Å². The van der Waals surface area contributed by atoms with Gasteiger partial charge in [0.2, 0.25) is 0 Å². The van der Waals surface area contributed by atoms with E-state index >= 15 is 0 Å². The summed E-state index contributed by atoms with van der Waals surface area (Å²) in [5, 5.41) is 10.5. The average Bonchev–Trinajstić information content (AvgIpc) is 2.35. The van der Waals surface area contributed by atoms with Crippen LogP contribution in [0, 0.1) is 11.2 Å². The Balaban J connectivity index is 2.03. The molecule has 19 heavy (non-hydrogen) atoms. The van der Waals surface area contributed by atoms with Gasteiger partial charge in [-0.2, -0.15) is 0 Å². The zero-order chi connectivity index (χ0) is 14.0. The molecule has 2 atom stereocenters. The van der Waals surface area contributed by atoms with E-state index < -0.39 is 0 Å². The first-order valence-electron chi connectivity index (χ1n) is 7.03. The second-order valence-electron chi connectivity index (χ2n) is 6.43. The molecule has 2 nitrogen and oxygen atoms in total. The summed E-state index contributed by atoms with van der Waals surface area (Å²) in [5.41, 5.74) is 1.07. The van der Waals surface area contributed by atoms with Crippen molar-refractivity contribution in [1.82, 2.24) is 4.90 Å². The van der Waals surface area contributed by atoms with E-state index in [1.54, 1.807) is 0 Å². The number of hydrogen-bond acceptors (Lipinski definition) is 2. The zero-order valence-electron chi connectivity index (χ0n) is 12.1. The van der Waals surface area contributed by atoms with Crippen LogP contribution in [-0.4, -0.2) is 29.2 Å². The van der Waals surface area contributed by atoms with Gasteiger partial charge < -0.3 is 5.11 Å². The standard InChI is InChI=1S/C16H24FNO/c1-16(2)10-4-5-14(15(16)19)18(3)11-12-6-8-13(17)9-7-12/h6-9,14-15,19H,4-5,10-11H2,1-3H3. The van der Waals surface area contributed by atoms with Gasteiger partial charge in [-0.25, -0.2) is 4.39 Å². The minimum atomic E-state index is -0.299. The molecule has 2 unspecified atom stereocenters. The lowest BCUT2D eigenvalue weighted by Gasteiger charge is -2.44. The highest BCUT2D eigenvalue weighted by Gasteiger charge is 2.39. The molecule has 0 heterocycles. The predicted molar refractivity (Wildman–Crippen MR) is 75.3 cm³/mol. The van der Waals surface area contributed by atoms with E-state index in [4.69, 9.17) is 0 Å². The van der Waals surface area contributed by atoms with Crippen LogP contribution in [0.15, 0.2) is 24.3 Å². The van der Waals surface area contributed by atoms with Gasteiger partial charge in [0.1, 0.15) is 5.82 Å². The highest BCUT2D eigenvalue weighted by Crippen LogP contribution is 2.37. The number of benzene rings is 1. The maximum absolute atomic E-state index is 12.9. The fourth-order valence-corrected chi connectivity index (χ4v) is 3.05. The monoisotopic (exact) mass is 265 g/mol. The molecule has 1 aromatic rings. The molecule has 0 amide bonds. The Morgan fingerprint density at radius 2 is 1.95 bits per heavy atom. The summed E-state index contributed by atoms with van der Waals surface area (Å²) in [6.45, 7) is 5.02. The van der Waals surface area contributed by atoms with Gasteiger partial charge in [-0.1, -0.05) is 32.4 Å². The third-order valence-electron chi connectivity index (χ3n) is 4.40. The molecule has 0 aromatic heterocycles. The van der Waals surface area contributed by atoms with E-state index in [-0.39, 0.29) is 23.4 Å². The second-order valence-corrected chi connectivity index (χ2v) is 6.43. The normalized spacial score (nSPS) is 26.6. The van der Waals surface area contributed by atoms with Crippen LogP contribution >= 0.6 is 0 Å². The number of likely N-dealkylation sites (N-methyl/N-ethyl adjacent to an activating group) is 1. The average molecular weight is 265 g/mol. The molecule has 1 N–H and O–H groups in total. The maximum Gasteiger partial charge on any atom is 0.123 e. The summed E-state index contributed by atoms with van der Waals surface area (Å²) in [4.78, 5) is 2.19. The van der Waals surface area contributed by atoms with E-state index in [0.717, 1.165) is 31.4 Å². The van der Waals surface area contributed by atoms with E-state index in [1.807, 2.05) is 19.2 Å². The van der Waals surface area contributed by atoms with Crippen LogP contribution in [0.1, 0.15) is 38.7 Å². The predicted octanol–water partition coefficient (Wildman–Crippen LogP) is 3.20. The molecule has 0 saturated heterocycles. The van der Waals surface area contributed by atoms with Gasteiger partial charge in [0.05, 0.1) is 6.10 Å². The lowest BCUT2D eigenvalue weighted by Crippen LogP contribution is -2.50. The van der Waals surface area contributed by atoms with Gasteiger partial charge in [-0.15, -0.1) is 0 Å². The highest BCUT2D eigenvalue weighted by atomic mass is 19.1. The van der Waals surface area contributed by atoms with Crippen LogP contribution in [0.5, 0.6) is 0 Å². The molecule has 1 aromatic carbocycles. The third kappa shape index (κ3) is 3.34. The SMILES string of the molecule is CN(Cc1ccc(F)cc1)C1CCCC(C)(C)C1O. The topological polar surface area (TPSA) is 23.5 Å². The molecule has 0 spiro atoms. The van der Waals surface area contributed by atoms with E-state index in [2.05, 4.69) is 18.7 Å². The van der Waals surface area contributed by atoms with Crippen molar-refractivity contribution >= 4 is 0 Å². The van der Waals surface area contributed by atoms with Crippen molar-refractivity contribution < 1.29 is 9.50 Å². The maximum atomic E-state index is 12.9. The number of aliphatic hydroxyl groups is 1. The fraction of sp³-hybridized carbons (Fsp3) is 0.625. The molecule has 2 rings (SSSR count). The molecular weight excluding hydrogens is 241 g/mol. The molecule has 1 fully saturated rings. The summed E-state index contributed by atoms with van der Waals surface area (Å²) in [6, 6.07) is 6.79. The molecule has 0 aliphatic heterocycles. The largest absolute Gasteiger partial charge is 0.391 e. The summed E-state index contributed by atoms with van der Waals surface area (Å²) in [6.07, 6.45) is 2.96. The molecule has 3 heteroatoms. The van der Waals surface area contributed by atoms with Gasteiger partial charge in [0.25, 0.3) is 0 Å². The number of nitrogens with zero attached hydrogens (tertiary/aromatic N) is 1. The number of aliphatic hydroxyl groups excluding tert-OH is 1. The van der Waals surface area contributed by atoms with Gasteiger partial charge in [-0.3, -0.25) is 4.90 Å². The Kier molecular flexibility index (Phi) is 4.26. The first-order chi connectivity index (χ1) is 8.90. The fourth-order valence-electron chi connectivity index (χ4n) is 3.05. The number of hydrogen-bond donors (Lipinski definition) is 1. The Bertz CT molecular complexity index is 415. The summed E-state index contributed by atoms with van der Waals surface area (Å²) in [7, 11) is 2.04. The highest BCUT2D eigenvalue weighted by molar-refractivity contribution is 5.16. The first-order valence-corrected chi connectivity index (χ1v) is 7.03. The van der Waals surface area contributed by atoms with Crippen LogP contribution in [0.25, 0.3) is 0 Å². The molecule has 1 saturated carbocycles. The molecule has 1 aliphatic rings. The van der Waals surface area contributed by atoms with Crippen LogP contribution in [0.4, 0.5) is 4.39 Å². The molecule has 0 bridgehead atoms. The minimum Gasteiger partial charge on any atom is -0.391 e. The minimum absolute atomic E-state index is 0.0139. The van der Waals surface area contributed by atoms with Gasteiger partial charge >= 0.3 is 0 Å². The smallest absolute Gasteiger partial charge is 0.123 e. The van der Waals surface area contributed by atoms with Crippen LogP contribution < -0.4 is 0 Å². The van der Waals surface area contributed by atoms with Crippen molar-refractivity contribution in [2.24, 2.45) is 5.41 Å². The van der Waals surface area contributed by atoms with Crippen molar-refractivity contribution in [2.45, 2.75) is 51.8 Å². The van der Waals surface area contributed by atoms with E-state index in [9.17, 15) is 9.50 Å². The molecule has 1 aliphatic carbocycles. The summed E-state index contributed by atoms with van der Waals surface area (Å²) < 4.78 is 12.9. The Morgan fingerprint density at radius 3 is 2.58 bits per heavy atom. The lowest BCUT2D eigenvalue weighted by atomic mass is 9.72. The van der Waals surface area contributed by atoms with Crippen LogP contribution in [0.3, 0.4) is 0 Å². The second kappa shape index (κ2) is 5.59.